The predicted molar refractivity (Wildman–Crippen MR) is 113 cm³/mol. The molecule has 3 rings (SSSR count). The molecule has 0 unspecified atom stereocenters. The first kappa shape index (κ1) is 21.9. The molecule has 0 saturated carbocycles. The number of nitrogens with one attached hydrogen (secondary N) is 1. The molecule has 162 valence electrons. The molecule has 2 fully saturated rings. The highest BCUT2D eigenvalue weighted by atomic mass is 32.2. The van der Waals surface area contributed by atoms with Crippen LogP contribution in [0.25, 0.3) is 0 Å². The van der Waals surface area contributed by atoms with Crippen molar-refractivity contribution in [2.45, 2.75) is 38.6 Å². The summed E-state index contributed by atoms with van der Waals surface area (Å²) >= 11 is 0. The van der Waals surface area contributed by atoms with Gasteiger partial charge in [0.1, 0.15) is 11.3 Å². The molecule has 1 N–H and O–H groups in total. The summed E-state index contributed by atoms with van der Waals surface area (Å²) in [5.74, 6) is 0.722. The summed E-state index contributed by atoms with van der Waals surface area (Å²) in [6.07, 6.45) is 2.48. The molecule has 9 heteroatoms. The van der Waals surface area contributed by atoms with Crippen LogP contribution in [0.1, 0.15) is 33.1 Å². The van der Waals surface area contributed by atoms with E-state index in [0.717, 1.165) is 24.3 Å². The van der Waals surface area contributed by atoms with Crippen LogP contribution in [0.3, 0.4) is 0 Å². The lowest BCUT2D eigenvalue weighted by Gasteiger charge is -2.33. The normalized spacial score (nSPS) is 19.8. The Morgan fingerprint density at radius 1 is 0.931 bits per heavy atom. The first-order valence-corrected chi connectivity index (χ1v) is 11.6. The maximum Gasteiger partial charge on any atom is 0.282 e. The molecule has 0 spiro atoms. The zero-order valence-corrected chi connectivity index (χ0v) is 18.4. The standard InChI is InChI=1S/C20H32N4O4S/c1-20(2,21-17-7-9-18(28-3)10-8-17)19(25)22-11-6-14-24(16-15-22)29(26,27)23-12-4-5-13-23/h7-10,21H,4-6,11-16H2,1-3H3. The second-order valence-corrected chi connectivity index (χ2v) is 10.1. The zero-order valence-electron chi connectivity index (χ0n) is 17.6. The van der Waals surface area contributed by atoms with E-state index in [0.29, 0.717) is 45.7 Å². The Hall–Kier alpha value is -1.84. The molecule has 0 atom stereocenters. The Morgan fingerprint density at radius 2 is 1.52 bits per heavy atom. The van der Waals surface area contributed by atoms with Gasteiger partial charge in [-0.25, -0.2) is 0 Å². The molecule has 0 bridgehead atoms. The SMILES string of the molecule is COc1ccc(NC(C)(C)C(=O)N2CCCN(S(=O)(=O)N3CCCC3)CC2)cc1. The highest BCUT2D eigenvalue weighted by Gasteiger charge is 2.36. The summed E-state index contributed by atoms with van der Waals surface area (Å²) in [5, 5.41) is 3.29. The average molecular weight is 425 g/mol. The van der Waals surface area contributed by atoms with E-state index >= 15 is 0 Å². The lowest BCUT2D eigenvalue weighted by molar-refractivity contribution is -0.134. The number of nitrogens with zero attached hydrogens (tertiary/aromatic N) is 3. The lowest BCUT2D eigenvalue weighted by atomic mass is 10.0. The van der Waals surface area contributed by atoms with E-state index in [1.165, 1.54) is 4.31 Å². The minimum absolute atomic E-state index is 0.0336. The summed E-state index contributed by atoms with van der Waals surface area (Å²) in [7, 11) is -1.81. The summed E-state index contributed by atoms with van der Waals surface area (Å²) in [6.45, 7) is 6.64. The minimum Gasteiger partial charge on any atom is -0.497 e. The maximum atomic E-state index is 13.2. The summed E-state index contributed by atoms with van der Waals surface area (Å²) in [5.41, 5.74) is 0.0228. The fourth-order valence-electron chi connectivity index (χ4n) is 3.89. The average Bonchev–Trinajstić information content (AvgIpc) is 3.13. The molecular weight excluding hydrogens is 392 g/mol. The molecule has 2 aliphatic heterocycles. The van der Waals surface area contributed by atoms with Crippen LogP contribution in [0.2, 0.25) is 0 Å². The van der Waals surface area contributed by atoms with Crippen molar-refractivity contribution in [1.82, 2.24) is 13.5 Å². The van der Waals surface area contributed by atoms with E-state index in [9.17, 15) is 13.2 Å². The molecular formula is C20H32N4O4S. The van der Waals surface area contributed by atoms with Crippen LogP contribution in [0, 0.1) is 0 Å². The van der Waals surface area contributed by atoms with Crippen molar-refractivity contribution in [3.63, 3.8) is 0 Å². The maximum absolute atomic E-state index is 13.2. The number of methoxy groups -OCH3 is 1. The number of benzene rings is 1. The molecule has 0 radical (unpaired) electrons. The largest absolute Gasteiger partial charge is 0.497 e. The second kappa shape index (κ2) is 8.89. The Labute approximate surface area is 174 Å². The summed E-state index contributed by atoms with van der Waals surface area (Å²) in [6, 6.07) is 7.44. The van der Waals surface area contributed by atoms with Gasteiger partial charge in [0.25, 0.3) is 10.2 Å². The van der Waals surface area contributed by atoms with Gasteiger partial charge in [-0.15, -0.1) is 0 Å². The Balaban J connectivity index is 1.63. The van der Waals surface area contributed by atoms with Crippen LogP contribution < -0.4 is 10.1 Å². The zero-order chi connectivity index (χ0) is 21.1. The fraction of sp³-hybridized carbons (Fsp3) is 0.650. The van der Waals surface area contributed by atoms with Crippen molar-refractivity contribution in [3.8, 4) is 5.75 Å². The first-order valence-electron chi connectivity index (χ1n) is 10.2. The Bertz CT molecular complexity index is 804. The molecule has 8 nitrogen and oxygen atoms in total. The van der Waals surface area contributed by atoms with Gasteiger partial charge in [-0.1, -0.05) is 0 Å². The van der Waals surface area contributed by atoms with E-state index in [4.69, 9.17) is 4.74 Å². The van der Waals surface area contributed by atoms with Crippen molar-refractivity contribution in [2.75, 3.05) is 51.7 Å². The van der Waals surface area contributed by atoms with E-state index in [1.807, 2.05) is 38.1 Å². The number of anilines is 1. The third-order valence-corrected chi connectivity index (χ3v) is 7.58. The monoisotopic (exact) mass is 424 g/mol. The topological polar surface area (TPSA) is 82.2 Å². The van der Waals surface area contributed by atoms with Gasteiger partial charge >= 0.3 is 0 Å². The van der Waals surface area contributed by atoms with Crippen LogP contribution in [0.15, 0.2) is 24.3 Å². The molecule has 2 aliphatic rings. The molecule has 29 heavy (non-hydrogen) atoms. The van der Waals surface area contributed by atoms with E-state index in [1.54, 1.807) is 16.3 Å². The van der Waals surface area contributed by atoms with Gasteiger partial charge in [0.15, 0.2) is 0 Å². The van der Waals surface area contributed by atoms with E-state index in [2.05, 4.69) is 5.32 Å². The highest BCUT2D eigenvalue weighted by Crippen LogP contribution is 2.22. The van der Waals surface area contributed by atoms with Crippen LogP contribution >= 0.6 is 0 Å². The smallest absolute Gasteiger partial charge is 0.282 e. The summed E-state index contributed by atoms with van der Waals surface area (Å²) < 4.78 is 33.9. The third-order valence-electron chi connectivity index (χ3n) is 5.54. The number of amides is 1. The number of hydrogen-bond donors (Lipinski definition) is 1. The number of ether oxygens (including phenoxy) is 1. The van der Waals surface area contributed by atoms with E-state index in [-0.39, 0.29) is 5.91 Å². The first-order chi connectivity index (χ1) is 13.7. The van der Waals surface area contributed by atoms with Crippen LogP contribution in [0.4, 0.5) is 5.69 Å². The van der Waals surface area contributed by atoms with Crippen molar-refractivity contribution in [3.05, 3.63) is 24.3 Å². The van der Waals surface area contributed by atoms with Gasteiger partial charge in [-0.3, -0.25) is 4.79 Å². The van der Waals surface area contributed by atoms with Gasteiger partial charge in [0, 0.05) is 45.0 Å². The molecule has 1 aromatic carbocycles. The molecule has 2 saturated heterocycles. The van der Waals surface area contributed by atoms with Crippen LogP contribution in [0.5, 0.6) is 5.75 Å². The molecule has 0 aromatic heterocycles. The van der Waals surface area contributed by atoms with Crippen molar-refractivity contribution < 1.29 is 17.9 Å². The number of hydrogen-bond acceptors (Lipinski definition) is 5. The minimum atomic E-state index is -3.42. The summed E-state index contributed by atoms with van der Waals surface area (Å²) in [4.78, 5) is 14.9. The lowest BCUT2D eigenvalue weighted by Crippen LogP contribution is -2.51. The van der Waals surface area contributed by atoms with Crippen molar-refractivity contribution >= 4 is 21.8 Å². The molecule has 2 heterocycles. The Morgan fingerprint density at radius 3 is 2.14 bits per heavy atom. The quantitative estimate of drug-likeness (QED) is 0.753. The van der Waals surface area contributed by atoms with Gasteiger partial charge in [0.2, 0.25) is 5.91 Å². The predicted octanol–water partition coefficient (Wildman–Crippen LogP) is 1.76. The number of rotatable bonds is 6. The van der Waals surface area contributed by atoms with Crippen molar-refractivity contribution in [1.29, 1.82) is 0 Å². The second-order valence-electron chi connectivity index (χ2n) is 8.14. The third kappa shape index (κ3) is 5.02. The van der Waals surface area contributed by atoms with Crippen LogP contribution in [-0.4, -0.2) is 79.8 Å². The van der Waals surface area contributed by atoms with Gasteiger partial charge in [0.05, 0.1) is 7.11 Å². The molecule has 1 amide bonds. The Kier molecular flexibility index (Phi) is 6.70. The van der Waals surface area contributed by atoms with Gasteiger partial charge < -0.3 is 15.0 Å². The van der Waals surface area contributed by atoms with Crippen LogP contribution in [-0.2, 0) is 15.0 Å². The van der Waals surface area contributed by atoms with E-state index < -0.39 is 15.7 Å². The highest BCUT2D eigenvalue weighted by molar-refractivity contribution is 7.86. The van der Waals surface area contributed by atoms with Crippen molar-refractivity contribution in [2.24, 2.45) is 0 Å². The number of carbonyl (C=O) groups excluding carboxylic acids is 1. The molecule has 0 aliphatic carbocycles. The fourth-order valence-corrected chi connectivity index (χ4v) is 5.61. The number of carbonyl (C=O) groups is 1. The van der Waals surface area contributed by atoms with Gasteiger partial charge in [-0.05, 0) is 57.4 Å². The molecule has 1 aromatic rings. The van der Waals surface area contributed by atoms with Gasteiger partial charge in [-0.2, -0.15) is 17.0 Å².